The second-order valence-electron chi connectivity index (χ2n) is 4.89. The lowest BCUT2D eigenvalue weighted by molar-refractivity contribution is -0.175. The van der Waals surface area contributed by atoms with Crippen molar-refractivity contribution in [3.63, 3.8) is 0 Å². The lowest BCUT2D eigenvalue weighted by atomic mass is 10.1. The zero-order valence-corrected chi connectivity index (χ0v) is 11.8. The fourth-order valence-corrected chi connectivity index (χ4v) is 2.16. The third-order valence-corrected chi connectivity index (χ3v) is 2.54. The quantitative estimate of drug-likeness (QED) is 0.442. The minimum absolute atomic E-state index is 0.834. The molecule has 0 bridgehead atoms. The molecule has 0 aromatic rings. The van der Waals surface area contributed by atoms with Gasteiger partial charge in [0.2, 0.25) is 8.32 Å². The van der Waals surface area contributed by atoms with Crippen molar-refractivity contribution in [2.24, 2.45) is 0 Å². The van der Waals surface area contributed by atoms with Crippen LogP contribution < -0.4 is 0 Å². The Morgan fingerprint density at radius 2 is 1.37 bits per heavy atom. The summed E-state index contributed by atoms with van der Waals surface area (Å²) >= 11 is 0. The maximum absolute atomic E-state index is 12.5. The van der Waals surface area contributed by atoms with E-state index in [9.17, 15) is 31.1 Å². The molecular weight excluding hydrogens is 294 g/mol. The molecule has 9 heteroatoms. The summed E-state index contributed by atoms with van der Waals surface area (Å²) in [5.74, 6) is -2.18. The van der Waals surface area contributed by atoms with Crippen LogP contribution in [-0.2, 0) is 9.22 Å². The molecule has 0 unspecified atom stereocenters. The van der Waals surface area contributed by atoms with Gasteiger partial charge < -0.3 is 4.43 Å². The van der Waals surface area contributed by atoms with Crippen LogP contribution in [0.4, 0.5) is 26.3 Å². The molecule has 0 atom stereocenters. The fraction of sp³-hybridized carbons (Fsp3) is 0.700. The molecule has 19 heavy (non-hydrogen) atoms. The molecule has 2 nitrogen and oxygen atoms in total. The fourth-order valence-electron chi connectivity index (χ4n) is 1.25. The van der Waals surface area contributed by atoms with Crippen molar-refractivity contribution in [2.75, 3.05) is 0 Å². The van der Waals surface area contributed by atoms with Crippen LogP contribution in [0.1, 0.15) is 13.3 Å². The highest BCUT2D eigenvalue weighted by Gasteiger charge is 2.54. The van der Waals surface area contributed by atoms with E-state index in [-0.39, 0.29) is 0 Å². The third-order valence-electron chi connectivity index (χ3n) is 1.68. The van der Waals surface area contributed by atoms with Gasteiger partial charge in [0, 0.05) is 0 Å². The van der Waals surface area contributed by atoms with E-state index in [1.807, 2.05) is 0 Å². The number of allylic oxidation sites excluding steroid dienone is 2. The van der Waals surface area contributed by atoms with Crippen molar-refractivity contribution in [1.82, 2.24) is 0 Å². The van der Waals surface area contributed by atoms with Gasteiger partial charge in [-0.05, 0) is 26.6 Å². The smallest absolute Gasteiger partial charge is 0.424 e. The Bertz CT molecular complexity index is 359. The molecule has 0 aromatic carbocycles. The van der Waals surface area contributed by atoms with Gasteiger partial charge in [-0.3, -0.25) is 4.79 Å². The zero-order valence-electron chi connectivity index (χ0n) is 10.8. The van der Waals surface area contributed by atoms with Crippen LogP contribution >= 0.6 is 0 Å². The highest BCUT2D eigenvalue weighted by molar-refractivity contribution is 6.70. The highest BCUT2D eigenvalue weighted by atomic mass is 28.4. The summed E-state index contributed by atoms with van der Waals surface area (Å²) < 4.78 is 80.0. The van der Waals surface area contributed by atoms with Gasteiger partial charge in [0.05, 0.1) is 6.42 Å². The van der Waals surface area contributed by atoms with Crippen molar-refractivity contribution < 1.29 is 35.6 Å². The summed E-state index contributed by atoms with van der Waals surface area (Å²) in [5.41, 5.74) is -2.74. The largest absolute Gasteiger partial charge is 0.546 e. The predicted molar refractivity (Wildman–Crippen MR) is 58.9 cm³/mol. The van der Waals surface area contributed by atoms with E-state index in [0.717, 1.165) is 6.92 Å². The predicted octanol–water partition coefficient (Wildman–Crippen LogP) is 4.20. The molecule has 0 amide bonds. The van der Waals surface area contributed by atoms with Crippen molar-refractivity contribution in [3.05, 3.63) is 11.3 Å². The van der Waals surface area contributed by atoms with Gasteiger partial charge in [-0.25, -0.2) is 0 Å². The van der Waals surface area contributed by atoms with E-state index in [0.29, 0.717) is 0 Å². The molecule has 0 rings (SSSR count). The topological polar surface area (TPSA) is 26.3 Å². The molecule has 0 aromatic heterocycles. The molecule has 0 N–H and O–H groups in total. The van der Waals surface area contributed by atoms with Gasteiger partial charge in [0.1, 0.15) is 11.5 Å². The summed E-state index contributed by atoms with van der Waals surface area (Å²) in [6.45, 7) is 5.18. The van der Waals surface area contributed by atoms with Crippen molar-refractivity contribution >= 4 is 14.1 Å². The van der Waals surface area contributed by atoms with Gasteiger partial charge in [-0.2, -0.15) is 26.3 Å². The second-order valence-corrected chi connectivity index (χ2v) is 9.32. The van der Waals surface area contributed by atoms with E-state index in [4.69, 9.17) is 4.43 Å². The number of carbonyl (C=O) groups excluding carboxylic acids is 1. The number of rotatable bonds is 4. The standard InChI is InChI=1S/C10H14F6O2Si/c1-6(17)5-7(18-19(2,3)4)8(9(11,12)13)10(14,15)16/h5H2,1-4H3. The van der Waals surface area contributed by atoms with Crippen LogP contribution in [-0.4, -0.2) is 26.5 Å². The molecular formula is C10H14F6O2Si. The first-order chi connectivity index (χ1) is 8.14. The van der Waals surface area contributed by atoms with Crippen LogP contribution in [0.5, 0.6) is 0 Å². The average Bonchev–Trinajstić information content (AvgIpc) is 1.90. The van der Waals surface area contributed by atoms with Gasteiger partial charge in [-0.15, -0.1) is 0 Å². The molecule has 0 aliphatic carbocycles. The molecule has 0 saturated carbocycles. The maximum atomic E-state index is 12.5. The van der Waals surface area contributed by atoms with Crippen LogP contribution in [0.3, 0.4) is 0 Å². The van der Waals surface area contributed by atoms with Gasteiger partial charge in [0.25, 0.3) is 0 Å². The lowest BCUT2D eigenvalue weighted by Crippen LogP contribution is -2.33. The number of hydrogen-bond donors (Lipinski definition) is 0. The van der Waals surface area contributed by atoms with Crippen LogP contribution in [0, 0.1) is 0 Å². The highest BCUT2D eigenvalue weighted by Crippen LogP contribution is 2.42. The first-order valence-corrected chi connectivity index (χ1v) is 8.61. The first kappa shape index (κ1) is 18.0. The SMILES string of the molecule is CC(=O)CC(O[Si](C)(C)C)=C(C(F)(F)F)C(F)(F)F. The van der Waals surface area contributed by atoms with Crippen molar-refractivity contribution in [2.45, 2.75) is 45.3 Å². The first-order valence-electron chi connectivity index (χ1n) is 5.20. The number of ketones is 1. The molecule has 112 valence electrons. The van der Waals surface area contributed by atoms with Crippen LogP contribution in [0.15, 0.2) is 11.3 Å². The molecule has 0 spiro atoms. The van der Waals surface area contributed by atoms with Crippen molar-refractivity contribution in [1.29, 1.82) is 0 Å². The Morgan fingerprint density at radius 3 is 1.58 bits per heavy atom. The summed E-state index contributed by atoms with van der Waals surface area (Å²) in [6.07, 6.45) is -12.3. The summed E-state index contributed by atoms with van der Waals surface area (Å²) in [6, 6.07) is 0. The Hall–Kier alpha value is -0.993. The average molecular weight is 308 g/mol. The Kier molecular flexibility index (Phi) is 5.26. The minimum Gasteiger partial charge on any atom is -0.546 e. The Morgan fingerprint density at radius 1 is 1.00 bits per heavy atom. The molecule has 0 aliphatic rings. The van der Waals surface area contributed by atoms with Gasteiger partial charge in [0.15, 0.2) is 5.57 Å². The monoisotopic (exact) mass is 308 g/mol. The van der Waals surface area contributed by atoms with E-state index in [1.165, 1.54) is 19.6 Å². The van der Waals surface area contributed by atoms with E-state index < -0.39 is 44.2 Å². The van der Waals surface area contributed by atoms with E-state index in [2.05, 4.69) is 0 Å². The number of hydrogen-bond acceptors (Lipinski definition) is 2. The Balaban J connectivity index is 5.93. The number of Topliss-reactive ketones (excluding diaryl/α,β-unsaturated/α-hetero) is 1. The summed E-state index contributed by atoms with van der Waals surface area (Å²) in [4.78, 5) is 10.9. The third kappa shape index (κ3) is 6.65. The summed E-state index contributed by atoms with van der Waals surface area (Å²) in [7, 11) is -2.72. The van der Waals surface area contributed by atoms with E-state index >= 15 is 0 Å². The maximum Gasteiger partial charge on any atom is 0.424 e. The normalized spacial score (nSPS) is 13.2. The lowest BCUT2D eigenvalue weighted by Gasteiger charge is -2.26. The van der Waals surface area contributed by atoms with Gasteiger partial charge >= 0.3 is 12.4 Å². The van der Waals surface area contributed by atoms with Gasteiger partial charge in [-0.1, -0.05) is 0 Å². The molecule has 0 saturated heterocycles. The number of halogens is 6. The van der Waals surface area contributed by atoms with Crippen LogP contribution in [0.2, 0.25) is 19.6 Å². The Labute approximate surface area is 107 Å². The molecule has 0 heterocycles. The second kappa shape index (κ2) is 5.56. The van der Waals surface area contributed by atoms with E-state index in [1.54, 1.807) is 0 Å². The molecule has 0 fully saturated rings. The molecule has 0 aliphatic heterocycles. The number of carbonyl (C=O) groups is 1. The number of alkyl halides is 6. The zero-order chi connectivity index (χ0) is 15.6. The van der Waals surface area contributed by atoms with Crippen LogP contribution in [0.25, 0.3) is 0 Å². The van der Waals surface area contributed by atoms with Crippen molar-refractivity contribution in [3.8, 4) is 0 Å². The minimum atomic E-state index is -5.62. The summed E-state index contributed by atoms with van der Waals surface area (Å²) in [5, 5.41) is 0. The molecule has 0 radical (unpaired) electrons.